The van der Waals surface area contributed by atoms with Crippen molar-refractivity contribution in [2.75, 3.05) is 16.2 Å². The maximum atomic E-state index is 15.1. The van der Waals surface area contributed by atoms with Crippen molar-refractivity contribution in [2.24, 2.45) is 0 Å². The highest BCUT2D eigenvalue weighted by atomic mass is 32.2. The molecule has 1 aliphatic heterocycles. The number of hydrogen-bond acceptors (Lipinski definition) is 7. The fraction of sp³-hybridized carbons (Fsp3) is 0.150. The minimum atomic E-state index is -4.23. The number of benzene rings is 2. The van der Waals surface area contributed by atoms with Gasteiger partial charge in [-0.2, -0.15) is 8.42 Å². The number of amides is 1. The number of rotatable bonds is 6. The van der Waals surface area contributed by atoms with Gasteiger partial charge >= 0.3 is 10.2 Å². The molecule has 1 saturated heterocycles. The molecule has 2 heterocycles. The van der Waals surface area contributed by atoms with E-state index < -0.39 is 28.5 Å². The maximum absolute atomic E-state index is 15.1. The van der Waals surface area contributed by atoms with Gasteiger partial charge in [-0.3, -0.25) is 4.79 Å². The first-order chi connectivity index (χ1) is 14.8. The molecule has 1 amide bonds. The Morgan fingerprint density at radius 2 is 2.00 bits per heavy atom. The summed E-state index contributed by atoms with van der Waals surface area (Å²) < 4.78 is 48.0. The van der Waals surface area contributed by atoms with Crippen LogP contribution in [-0.4, -0.2) is 30.8 Å². The summed E-state index contributed by atoms with van der Waals surface area (Å²) in [5.74, 6) is -1.46. The third kappa shape index (κ3) is 4.56. The Labute approximate surface area is 178 Å². The summed E-state index contributed by atoms with van der Waals surface area (Å²) in [6, 6.07) is 13.4. The number of nitrogens with one attached hydrogen (secondary N) is 2. The van der Waals surface area contributed by atoms with Crippen LogP contribution in [0.5, 0.6) is 5.75 Å². The van der Waals surface area contributed by atoms with Crippen LogP contribution in [0.1, 0.15) is 11.3 Å². The van der Waals surface area contributed by atoms with Crippen LogP contribution in [0, 0.1) is 12.7 Å². The lowest BCUT2D eigenvalue weighted by Crippen LogP contribution is -2.30. The van der Waals surface area contributed by atoms with E-state index in [1.807, 2.05) is 35.1 Å². The van der Waals surface area contributed by atoms with E-state index in [1.165, 1.54) is 6.07 Å². The summed E-state index contributed by atoms with van der Waals surface area (Å²) in [4.78, 5) is 19.9. The van der Waals surface area contributed by atoms with Gasteiger partial charge in [0.15, 0.2) is 5.82 Å². The molecule has 0 saturated carbocycles. The maximum Gasteiger partial charge on any atom is 0.326 e. The summed E-state index contributed by atoms with van der Waals surface area (Å²) in [7, 11) is -4.23. The van der Waals surface area contributed by atoms with Crippen LogP contribution in [0.2, 0.25) is 0 Å². The zero-order valence-corrected chi connectivity index (χ0v) is 17.2. The van der Waals surface area contributed by atoms with Crippen molar-refractivity contribution < 1.29 is 22.3 Å². The van der Waals surface area contributed by atoms with Crippen LogP contribution in [0.3, 0.4) is 0 Å². The first-order valence-electron chi connectivity index (χ1n) is 9.22. The number of aromatic nitrogens is 2. The molecular weight excluding hydrogens is 425 g/mol. The van der Waals surface area contributed by atoms with E-state index in [1.54, 1.807) is 19.2 Å². The quantitative estimate of drug-likeness (QED) is 0.601. The van der Waals surface area contributed by atoms with Crippen molar-refractivity contribution in [3.05, 3.63) is 71.8 Å². The van der Waals surface area contributed by atoms with Gasteiger partial charge in [0.25, 0.3) is 5.91 Å². The second-order valence-corrected chi connectivity index (χ2v) is 8.36. The summed E-state index contributed by atoms with van der Waals surface area (Å²) in [6.07, 6.45) is 1.55. The van der Waals surface area contributed by atoms with E-state index in [9.17, 15) is 13.2 Å². The van der Waals surface area contributed by atoms with Gasteiger partial charge < -0.3 is 10.1 Å². The van der Waals surface area contributed by atoms with Gasteiger partial charge in [0.05, 0.1) is 0 Å². The van der Waals surface area contributed by atoms with Crippen molar-refractivity contribution in [1.29, 1.82) is 0 Å². The zero-order valence-electron chi connectivity index (χ0n) is 16.4. The third-order valence-corrected chi connectivity index (χ3v) is 5.76. The number of ether oxygens (including phenoxy) is 1. The van der Waals surface area contributed by atoms with Gasteiger partial charge in [0, 0.05) is 23.6 Å². The molecule has 0 unspecified atom stereocenters. The van der Waals surface area contributed by atoms with Crippen molar-refractivity contribution >= 4 is 33.4 Å². The van der Waals surface area contributed by atoms with Crippen LogP contribution in [-0.2, 0) is 21.6 Å². The van der Waals surface area contributed by atoms with E-state index in [0.29, 0.717) is 10.00 Å². The molecule has 0 spiro atoms. The largest absolute Gasteiger partial charge is 0.487 e. The Bertz CT molecular complexity index is 1240. The predicted molar refractivity (Wildman–Crippen MR) is 112 cm³/mol. The molecule has 0 radical (unpaired) electrons. The highest BCUT2D eigenvalue weighted by molar-refractivity contribution is 7.92. The lowest BCUT2D eigenvalue weighted by Gasteiger charge is -2.21. The summed E-state index contributed by atoms with van der Waals surface area (Å²) in [5, 5.41) is 2.88. The Morgan fingerprint density at radius 1 is 1.23 bits per heavy atom. The number of nitrogens with zero attached hydrogens (tertiary/aromatic N) is 3. The standard InChI is InChI=1S/C20H18FN5O4S/c1-13-7-8-22-20(23-13)24-15-9-16(21)19(26-11-18(27)25-31(26,28)29)17(10-15)30-12-14-5-3-2-4-6-14/h2-10H,11-12H2,1H3,(H,25,27)(H,22,23,24). The molecule has 2 N–H and O–H groups in total. The molecule has 4 rings (SSSR count). The molecule has 0 atom stereocenters. The first-order valence-corrected chi connectivity index (χ1v) is 10.7. The van der Waals surface area contributed by atoms with Gasteiger partial charge in [0.1, 0.15) is 24.6 Å². The minimum absolute atomic E-state index is 0.0564. The molecule has 0 aliphatic carbocycles. The number of carbonyl (C=O) groups is 1. The first kappa shape index (κ1) is 20.5. The van der Waals surface area contributed by atoms with E-state index in [-0.39, 0.29) is 29.7 Å². The van der Waals surface area contributed by atoms with Crippen LogP contribution >= 0.6 is 0 Å². The van der Waals surface area contributed by atoms with Gasteiger partial charge in [-0.05, 0) is 24.6 Å². The van der Waals surface area contributed by atoms with Crippen LogP contribution in [0.15, 0.2) is 54.7 Å². The smallest absolute Gasteiger partial charge is 0.326 e. The normalized spacial score (nSPS) is 14.9. The summed E-state index contributed by atoms with van der Waals surface area (Å²) in [6.45, 7) is 1.30. The van der Waals surface area contributed by atoms with Crippen LogP contribution in [0.4, 0.5) is 21.7 Å². The summed E-state index contributed by atoms with van der Waals surface area (Å²) in [5.41, 5.74) is 1.41. The fourth-order valence-corrected chi connectivity index (χ4v) is 4.18. The van der Waals surface area contributed by atoms with Gasteiger partial charge in [-0.15, -0.1) is 0 Å². The molecule has 0 bridgehead atoms. The second kappa shape index (κ2) is 8.19. The van der Waals surface area contributed by atoms with E-state index in [2.05, 4.69) is 15.3 Å². The van der Waals surface area contributed by atoms with Crippen molar-refractivity contribution in [3.8, 4) is 5.75 Å². The monoisotopic (exact) mass is 443 g/mol. The van der Waals surface area contributed by atoms with Crippen molar-refractivity contribution in [1.82, 2.24) is 14.7 Å². The van der Waals surface area contributed by atoms with Crippen molar-refractivity contribution in [3.63, 3.8) is 0 Å². The highest BCUT2D eigenvalue weighted by Crippen LogP contribution is 2.38. The molecule has 2 aromatic carbocycles. The van der Waals surface area contributed by atoms with E-state index in [0.717, 1.165) is 11.6 Å². The van der Waals surface area contributed by atoms with Gasteiger partial charge in [-0.1, -0.05) is 30.3 Å². The van der Waals surface area contributed by atoms with Crippen LogP contribution < -0.4 is 19.1 Å². The lowest BCUT2D eigenvalue weighted by atomic mass is 10.2. The molecule has 3 aromatic rings. The fourth-order valence-electron chi connectivity index (χ4n) is 3.02. The van der Waals surface area contributed by atoms with Crippen molar-refractivity contribution in [2.45, 2.75) is 13.5 Å². The van der Waals surface area contributed by atoms with Crippen LogP contribution in [0.25, 0.3) is 0 Å². The third-order valence-electron chi connectivity index (χ3n) is 4.39. The molecule has 1 fully saturated rings. The van der Waals surface area contributed by atoms with E-state index >= 15 is 4.39 Å². The Morgan fingerprint density at radius 3 is 2.68 bits per heavy atom. The predicted octanol–water partition coefficient (Wildman–Crippen LogP) is 2.43. The van der Waals surface area contributed by atoms with E-state index in [4.69, 9.17) is 4.74 Å². The Hall–Kier alpha value is -3.73. The Kier molecular flexibility index (Phi) is 5.42. The average Bonchev–Trinajstić information content (AvgIpc) is 2.98. The number of halogens is 1. The topological polar surface area (TPSA) is 114 Å². The molecule has 1 aromatic heterocycles. The molecular formula is C20H18FN5O4S. The molecule has 9 nitrogen and oxygen atoms in total. The minimum Gasteiger partial charge on any atom is -0.487 e. The SMILES string of the molecule is Cc1ccnc(Nc2cc(F)c(N3CC(=O)NS3(=O)=O)c(OCc3ccccc3)c2)n1. The second-order valence-electron chi connectivity index (χ2n) is 6.76. The molecule has 11 heteroatoms. The highest BCUT2D eigenvalue weighted by Gasteiger charge is 2.37. The Balaban J connectivity index is 1.73. The number of carbonyl (C=O) groups excluding carboxylic acids is 1. The number of aryl methyl sites for hydroxylation is 1. The number of hydrogen-bond donors (Lipinski definition) is 2. The number of anilines is 3. The molecule has 160 valence electrons. The zero-order chi connectivity index (χ0) is 22.0. The molecule has 1 aliphatic rings. The average molecular weight is 443 g/mol. The molecule has 31 heavy (non-hydrogen) atoms. The van der Waals surface area contributed by atoms with Gasteiger partial charge in [0.2, 0.25) is 5.95 Å². The van der Waals surface area contributed by atoms with Gasteiger partial charge in [-0.25, -0.2) is 23.4 Å². The summed E-state index contributed by atoms with van der Waals surface area (Å²) >= 11 is 0. The lowest BCUT2D eigenvalue weighted by molar-refractivity contribution is -0.117.